The van der Waals surface area contributed by atoms with E-state index >= 15 is 0 Å². The molecule has 5 heteroatoms. The molecule has 1 aromatic heterocycles. The van der Waals surface area contributed by atoms with E-state index in [0.29, 0.717) is 11.6 Å². The molecular weight excluding hydrogens is 258 g/mol. The zero-order valence-corrected chi connectivity index (χ0v) is 10.9. The van der Waals surface area contributed by atoms with Crippen molar-refractivity contribution >= 4 is 5.97 Å². The Bertz CT molecular complexity index is 597. The molecule has 1 aromatic carbocycles. The van der Waals surface area contributed by atoms with Crippen LogP contribution < -0.4 is 0 Å². The third-order valence-corrected chi connectivity index (χ3v) is 3.62. The molecule has 2 heterocycles. The van der Waals surface area contributed by atoms with Crippen molar-refractivity contribution in [3.8, 4) is 11.3 Å². The highest BCUT2D eigenvalue weighted by Crippen LogP contribution is 2.28. The molecule has 0 amide bonds. The predicted molar refractivity (Wildman–Crippen MR) is 71.7 cm³/mol. The quantitative estimate of drug-likeness (QED) is 0.930. The zero-order chi connectivity index (χ0) is 13.9. The van der Waals surface area contributed by atoms with Gasteiger partial charge in [0.25, 0.3) is 0 Å². The van der Waals surface area contributed by atoms with E-state index in [2.05, 4.69) is 17.3 Å². The number of benzene rings is 1. The van der Waals surface area contributed by atoms with Crippen molar-refractivity contribution in [1.29, 1.82) is 0 Å². The van der Waals surface area contributed by atoms with Crippen LogP contribution in [0.5, 0.6) is 0 Å². The van der Waals surface area contributed by atoms with E-state index in [-0.39, 0.29) is 5.76 Å². The molecule has 0 spiro atoms. The first-order chi connectivity index (χ1) is 9.74. The lowest BCUT2D eigenvalue weighted by Gasteiger charge is -2.22. The molecule has 1 N–H and O–H groups in total. The maximum atomic E-state index is 10.8. The fraction of sp³-hybridized carbons (Fsp3) is 0.333. The van der Waals surface area contributed by atoms with E-state index in [9.17, 15) is 4.79 Å². The van der Waals surface area contributed by atoms with Crippen molar-refractivity contribution in [2.75, 3.05) is 13.2 Å². The van der Waals surface area contributed by atoms with Gasteiger partial charge in [-0.1, -0.05) is 29.4 Å². The maximum Gasteiger partial charge on any atom is 0.374 e. The van der Waals surface area contributed by atoms with Crippen LogP contribution >= 0.6 is 0 Å². The summed E-state index contributed by atoms with van der Waals surface area (Å²) in [7, 11) is 0. The van der Waals surface area contributed by atoms with Crippen molar-refractivity contribution < 1.29 is 19.2 Å². The third-order valence-electron chi connectivity index (χ3n) is 3.62. The summed E-state index contributed by atoms with van der Waals surface area (Å²) in [5, 5.41) is 12.6. The number of carbonyl (C=O) groups is 1. The van der Waals surface area contributed by atoms with Crippen LogP contribution in [0.25, 0.3) is 11.3 Å². The monoisotopic (exact) mass is 273 g/mol. The van der Waals surface area contributed by atoms with Crippen LogP contribution in [0.2, 0.25) is 0 Å². The maximum absolute atomic E-state index is 10.8. The number of rotatable bonds is 3. The standard InChI is InChI=1S/C15H15NO4/c17-15(18)14-9-13(16-20-14)12-3-1-10(2-4-12)11-5-7-19-8-6-11/h1-4,9,11H,5-8H2,(H,17,18). The van der Waals surface area contributed by atoms with Gasteiger partial charge in [0.15, 0.2) is 0 Å². The zero-order valence-electron chi connectivity index (χ0n) is 10.9. The van der Waals surface area contributed by atoms with Gasteiger partial charge >= 0.3 is 5.97 Å². The molecule has 0 aliphatic carbocycles. The molecular formula is C15H15NO4. The van der Waals surface area contributed by atoms with Gasteiger partial charge in [-0.05, 0) is 24.3 Å². The minimum Gasteiger partial charge on any atom is -0.475 e. The lowest BCUT2D eigenvalue weighted by molar-refractivity contribution is 0.0652. The Morgan fingerprint density at radius 2 is 1.90 bits per heavy atom. The van der Waals surface area contributed by atoms with E-state index in [0.717, 1.165) is 31.6 Å². The van der Waals surface area contributed by atoms with Gasteiger partial charge in [-0.15, -0.1) is 0 Å². The molecule has 1 aliphatic rings. The molecule has 2 aromatic rings. The first-order valence-corrected chi connectivity index (χ1v) is 6.62. The molecule has 0 saturated carbocycles. The van der Waals surface area contributed by atoms with E-state index in [1.165, 1.54) is 11.6 Å². The summed E-state index contributed by atoms with van der Waals surface area (Å²) >= 11 is 0. The highest BCUT2D eigenvalue weighted by Gasteiger charge is 2.16. The van der Waals surface area contributed by atoms with Crippen LogP contribution in [0.15, 0.2) is 34.9 Å². The van der Waals surface area contributed by atoms with Gasteiger partial charge in [-0.25, -0.2) is 4.79 Å². The number of hydrogen-bond acceptors (Lipinski definition) is 4. The summed E-state index contributed by atoms with van der Waals surface area (Å²) in [6, 6.07) is 9.48. The van der Waals surface area contributed by atoms with Crippen LogP contribution in [0.1, 0.15) is 34.9 Å². The Kier molecular flexibility index (Phi) is 3.52. The summed E-state index contributed by atoms with van der Waals surface area (Å²) in [5.41, 5.74) is 2.69. The molecule has 0 radical (unpaired) electrons. The number of carboxylic acids is 1. The SMILES string of the molecule is O=C(O)c1cc(-c2ccc(C3CCOCC3)cc2)no1. The second-order valence-electron chi connectivity index (χ2n) is 4.89. The van der Waals surface area contributed by atoms with Gasteiger partial charge in [0.05, 0.1) is 0 Å². The van der Waals surface area contributed by atoms with Crippen molar-refractivity contribution in [2.24, 2.45) is 0 Å². The Morgan fingerprint density at radius 3 is 2.50 bits per heavy atom. The smallest absolute Gasteiger partial charge is 0.374 e. The van der Waals surface area contributed by atoms with E-state index in [1.807, 2.05) is 12.1 Å². The Hall–Kier alpha value is -2.14. The third kappa shape index (κ3) is 2.58. The van der Waals surface area contributed by atoms with E-state index in [1.54, 1.807) is 0 Å². The second kappa shape index (κ2) is 5.46. The average molecular weight is 273 g/mol. The molecule has 0 unspecified atom stereocenters. The molecule has 0 atom stereocenters. The highest BCUT2D eigenvalue weighted by molar-refractivity contribution is 5.85. The van der Waals surface area contributed by atoms with Crippen molar-refractivity contribution in [1.82, 2.24) is 5.16 Å². The lowest BCUT2D eigenvalue weighted by atomic mass is 9.91. The molecule has 5 nitrogen and oxygen atoms in total. The number of aromatic carboxylic acids is 1. The van der Waals surface area contributed by atoms with Gasteiger partial charge in [-0.3, -0.25) is 0 Å². The van der Waals surface area contributed by atoms with Crippen molar-refractivity contribution in [2.45, 2.75) is 18.8 Å². The normalized spacial score (nSPS) is 16.2. The Labute approximate surface area is 116 Å². The fourth-order valence-electron chi connectivity index (χ4n) is 2.47. The summed E-state index contributed by atoms with van der Waals surface area (Å²) < 4.78 is 10.1. The van der Waals surface area contributed by atoms with Crippen LogP contribution in [0.3, 0.4) is 0 Å². The molecule has 0 bridgehead atoms. The topological polar surface area (TPSA) is 72.6 Å². The van der Waals surface area contributed by atoms with E-state index < -0.39 is 5.97 Å². The number of ether oxygens (including phenoxy) is 1. The fourth-order valence-corrected chi connectivity index (χ4v) is 2.47. The summed E-state index contributed by atoms with van der Waals surface area (Å²) in [5.74, 6) is -0.708. The molecule has 3 rings (SSSR count). The first-order valence-electron chi connectivity index (χ1n) is 6.62. The predicted octanol–water partition coefficient (Wildman–Crippen LogP) is 2.93. The minimum absolute atomic E-state index is 0.145. The van der Waals surface area contributed by atoms with Gasteiger partial charge < -0.3 is 14.4 Å². The van der Waals surface area contributed by atoms with Crippen LogP contribution in [0.4, 0.5) is 0 Å². The number of hydrogen-bond donors (Lipinski definition) is 1. The highest BCUT2D eigenvalue weighted by atomic mass is 16.5. The van der Waals surface area contributed by atoms with Gasteiger partial charge in [-0.2, -0.15) is 0 Å². The van der Waals surface area contributed by atoms with Gasteiger partial charge in [0.2, 0.25) is 5.76 Å². The van der Waals surface area contributed by atoms with Crippen LogP contribution in [-0.4, -0.2) is 29.4 Å². The van der Waals surface area contributed by atoms with E-state index in [4.69, 9.17) is 14.4 Å². The molecule has 1 fully saturated rings. The first kappa shape index (κ1) is 12.9. The summed E-state index contributed by atoms with van der Waals surface area (Å²) in [6.07, 6.45) is 2.10. The molecule has 1 saturated heterocycles. The van der Waals surface area contributed by atoms with Crippen LogP contribution in [0, 0.1) is 0 Å². The second-order valence-corrected chi connectivity index (χ2v) is 4.89. The van der Waals surface area contributed by atoms with Gasteiger partial charge in [0.1, 0.15) is 5.69 Å². The average Bonchev–Trinajstić information content (AvgIpc) is 2.98. The van der Waals surface area contributed by atoms with Gasteiger partial charge in [0, 0.05) is 24.8 Å². The minimum atomic E-state index is -1.11. The van der Waals surface area contributed by atoms with Crippen molar-refractivity contribution in [3.63, 3.8) is 0 Å². The van der Waals surface area contributed by atoms with Crippen LogP contribution in [-0.2, 0) is 4.74 Å². The number of nitrogens with zero attached hydrogens (tertiary/aromatic N) is 1. The number of aromatic nitrogens is 1. The largest absolute Gasteiger partial charge is 0.475 e. The Morgan fingerprint density at radius 1 is 1.20 bits per heavy atom. The molecule has 20 heavy (non-hydrogen) atoms. The molecule has 1 aliphatic heterocycles. The van der Waals surface area contributed by atoms with Crippen molar-refractivity contribution in [3.05, 3.63) is 41.7 Å². The lowest BCUT2D eigenvalue weighted by Crippen LogP contribution is -2.13. The number of carboxylic acid groups (broad SMARTS) is 1. The summed E-state index contributed by atoms with van der Waals surface area (Å²) in [4.78, 5) is 10.8. The summed E-state index contributed by atoms with van der Waals surface area (Å²) in [6.45, 7) is 1.63. The Balaban J connectivity index is 1.79. The molecule has 104 valence electrons.